The number of benzene rings is 3. The summed E-state index contributed by atoms with van der Waals surface area (Å²) in [7, 11) is -3.87. The number of nitrogens with one attached hydrogen (secondary N) is 1. The van der Waals surface area contributed by atoms with E-state index in [9.17, 15) is 18.0 Å². The van der Waals surface area contributed by atoms with E-state index in [1.807, 2.05) is 68.4 Å². The molecule has 0 saturated heterocycles. The molecular weight excluding hydrogens is 518 g/mol. The van der Waals surface area contributed by atoms with E-state index in [1.54, 1.807) is 12.1 Å². The minimum absolute atomic E-state index is 0.0363. The number of fused-ring (bicyclic) bond motifs is 1. The van der Waals surface area contributed by atoms with Crippen LogP contribution < -0.4 is 19.1 Å². The highest BCUT2D eigenvalue weighted by Crippen LogP contribution is 2.36. The standard InChI is InChI=1S/C29H33N3O6S/c1-4-30-29(34)25(16-22-10-6-5-7-11-22)31(18-23-12-8-9-21(2)15-23)28(33)19-32(39(3,35)36)24-13-14-26-27(17-24)38-20-37-26/h5-15,17,25H,4,16,18-20H2,1-3H3,(H,30,34)/t25-/m1/s1. The molecule has 0 radical (unpaired) electrons. The zero-order chi connectivity index (χ0) is 28.0. The molecule has 1 atom stereocenters. The van der Waals surface area contributed by atoms with Crippen LogP contribution in [0.3, 0.4) is 0 Å². The van der Waals surface area contributed by atoms with E-state index in [4.69, 9.17) is 9.47 Å². The van der Waals surface area contributed by atoms with Gasteiger partial charge >= 0.3 is 0 Å². The molecule has 1 aliphatic heterocycles. The van der Waals surface area contributed by atoms with Crippen LogP contribution in [-0.4, -0.2) is 57.3 Å². The lowest BCUT2D eigenvalue weighted by molar-refractivity contribution is -0.140. The van der Waals surface area contributed by atoms with Crippen LogP contribution in [0.25, 0.3) is 0 Å². The SMILES string of the molecule is CCNC(=O)[C@@H](Cc1ccccc1)N(Cc1cccc(C)c1)C(=O)CN(c1ccc2c(c1)OCO2)S(C)(=O)=O. The van der Waals surface area contributed by atoms with Crippen LogP contribution in [0.1, 0.15) is 23.6 Å². The minimum atomic E-state index is -3.87. The van der Waals surface area contributed by atoms with Gasteiger partial charge in [0.25, 0.3) is 0 Å². The molecule has 1 N–H and O–H groups in total. The highest BCUT2D eigenvalue weighted by molar-refractivity contribution is 7.92. The summed E-state index contributed by atoms with van der Waals surface area (Å²) in [5.41, 5.74) is 2.99. The molecule has 2 amide bonds. The Morgan fingerprint density at radius 1 is 0.949 bits per heavy atom. The fourth-order valence-corrected chi connectivity index (χ4v) is 5.35. The van der Waals surface area contributed by atoms with Crippen molar-refractivity contribution in [3.05, 3.63) is 89.5 Å². The normalized spacial score (nSPS) is 13.0. The van der Waals surface area contributed by atoms with Crippen molar-refractivity contribution in [2.75, 3.05) is 30.4 Å². The molecule has 206 valence electrons. The number of nitrogens with zero attached hydrogens (tertiary/aromatic N) is 2. The van der Waals surface area contributed by atoms with Crippen LogP contribution in [0.15, 0.2) is 72.8 Å². The van der Waals surface area contributed by atoms with Gasteiger partial charge in [0.1, 0.15) is 12.6 Å². The molecule has 0 spiro atoms. The second kappa shape index (κ2) is 12.2. The number of rotatable bonds is 11. The lowest BCUT2D eigenvalue weighted by atomic mass is 10.0. The van der Waals surface area contributed by atoms with Gasteiger partial charge in [0.2, 0.25) is 28.6 Å². The molecule has 0 fully saturated rings. The largest absolute Gasteiger partial charge is 0.454 e. The highest BCUT2D eigenvalue weighted by atomic mass is 32.2. The van der Waals surface area contributed by atoms with Crippen molar-refractivity contribution in [3.8, 4) is 11.5 Å². The van der Waals surface area contributed by atoms with Crippen LogP contribution >= 0.6 is 0 Å². The molecule has 0 unspecified atom stereocenters. The zero-order valence-corrected chi connectivity index (χ0v) is 23.1. The second-order valence-corrected chi connectivity index (χ2v) is 11.3. The first-order valence-corrected chi connectivity index (χ1v) is 14.5. The lowest BCUT2D eigenvalue weighted by Crippen LogP contribution is -2.53. The van der Waals surface area contributed by atoms with E-state index in [-0.39, 0.29) is 31.4 Å². The van der Waals surface area contributed by atoms with Crippen molar-refractivity contribution in [3.63, 3.8) is 0 Å². The van der Waals surface area contributed by atoms with Gasteiger partial charge in [-0.25, -0.2) is 8.42 Å². The summed E-state index contributed by atoms with van der Waals surface area (Å²) in [5.74, 6) is 0.0800. The van der Waals surface area contributed by atoms with E-state index < -0.39 is 28.5 Å². The molecule has 0 aliphatic carbocycles. The Labute approximate surface area is 229 Å². The summed E-state index contributed by atoms with van der Waals surface area (Å²) < 4.78 is 37.6. The first kappa shape index (κ1) is 28.0. The maximum absolute atomic E-state index is 14.0. The fraction of sp³-hybridized carbons (Fsp3) is 0.310. The van der Waals surface area contributed by atoms with Crippen LogP contribution in [0.2, 0.25) is 0 Å². The quantitative estimate of drug-likeness (QED) is 0.392. The van der Waals surface area contributed by atoms with Crippen LogP contribution in [0.4, 0.5) is 5.69 Å². The van der Waals surface area contributed by atoms with Gasteiger partial charge in [-0.2, -0.15) is 0 Å². The zero-order valence-electron chi connectivity index (χ0n) is 22.3. The van der Waals surface area contributed by atoms with E-state index in [0.717, 1.165) is 27.3 Å². The Morgan fingerprint density at radius 3 is 2.36 bits per heavy atom. The first-order chi connectivity index (χ1) is 18.7. The molecule has 1 heterocycles. The van der Waals surface area contributed by atoms with Crippen LogP contribution in [0, 0.1) is 6.92 Å². The van der Waals surface area contributed by atoms with E-state index >= 15 is 0 Å². The third-order valence-corrected chi connectivity index (χ3v) is 7.52. The number of sulfonamides is 1. The predicted octanol–water partition coefficient (Wildman–Crippen LogP) is 3.27. The second-order valence-electron chi connectivity index (χ2n) is 9.42. The van der Waals surface area contributed by atoms with Gasteiger partial charge < -0.3 is 19.7 Å². The van der Waals surface area contributed by atoms with Crippen LogP contribution in [0.5, 0.6) is 11.5 Å². The van der Waals surface area contributed by atoms with Crippen molar-refractivity contribution >= 4 is 27.5 Å². The van der Waals surface area contributed by atoms with Gasteiger partial charge in [0.05, 0.1) is 11.9 Å². The van der Waals surface area contributed by atoms with Crippen molar-refractivity contribution in [1.82, 2.24) is 10.2 Å². The van der Waals surface area contributed by atoms with Crippen molar-refractivity contribution in [2.45, 2.75) is 32.9 Å². The van der Waals surface area contributed by atoms with E-state index in [0.29, 0.717) is 18.0 Å². The fourth-order valence-electron chi connectivity index (χ4n) is 4.51. The van der Waals surface area contributed by atoms with E-state index in [2.05, 4.69) is 5.32 Å². The molecule has 0 bridgehead atoms. The number of hydrogen-bond donors (Lipinski definition) is 1. The average molecular weight is 552 g/mol. The molecule has 0 saturated carbocycles. The first-order valence-electron chi connectivity index (χ1n) is 12.7. The summed E-state index contributed by atoms with van der Waals surface area (Å²) in [6.45, 7) is 3.84. The molecule has 0 aromatic heterocycles. The average Bonchev–Trinajstić information content (AvgIpc) is 3.37. The Bertz CT molecular complexity index is 1430. The number of likely N-dealkylation sites (N-methyl/N-ethyl adjacent to an activating group) is 1. The van der Waals surface area contributed by atoms with E-state index in [1.165, 1.54) is 11.0 Å². The number of carbonyl (C=O) groups excluding carboxylic acids is 2. The van der Waals surface area contributed by atoms with Gasteiger partial charge in [-0.05, 0) is 37.1 Å². The molecule has 3 aromatic carbocycles. The Balaban J connectivity index is 1.72. The third kappa shape index (κ3) is 7.08. The number of carbonyl (C=O) groups is 2. The van der Waals surface area contributed by atoms with Gasteiger partial charge in [-0.3, -0.25) is 13.9 Å². The predicted molar refractivity (Wildman–Crippen MR) is 149 cm³/mol. The number of hydrogen-bond acceptors (Lipinski definition) is 6. The molecule has 39 heavy (non-hydrogen) atoms. The Hall–Kier alpha value is -4.05. The summed E-state index contributed by atoms with van der Waals surface area (Å²) in [6, 6.07) is 21.0. The summed E-state index contributed by atoms with van der Waals surface area (Å²) >= 11 is 0. The molecule has 3 aromatic rings. The summed E-state index contributed by atoms with van der Waals surface area (Å²) in [4.78, 5) is 28.9. The van der Waals surface area contributed by atoms with Gasteiger partial charge in [0.15, 0.2) is 11.5 Å². The van der Waals surface area contributed by atoms with Crippen molar-refractivity contribution < 1.29 is 27.5 Å². The maximum Gasteiger partial charge on any atom is 0.244 e. The number of anilines is 1. The van der Waals surface area contributed by atoms with Crippen molar-refractivity contribution in [2.24, 2.45) is 0 Å². The number of ether oxygens (including phenoxy) is 2. The summed E-state index contributed by atoms with van der Waals surface area (Å²) in [6.07, 6.45) is 1.31. The van der Waals surface area contributed by atoms with Crippen LogP contribution in [-0.2, 0) is 32.6 Å². The number of amides is 2. The monoisotopic (exact) mass is 551 g/mol. The lowest BCUT2D eigenvalue weighted by Gasteiger charge is -2.33. The highest BCUT2D eigenvalue weighted by Gasteiger charge is 2.33. The third-order valence-electron chi connectivity index (χ3n) is 6.38. The van der Waals surface area contributed by atoms with Gasteiger partial charge in [-0.15, -0.1) is 0 Å². The molecule has 10 heteroatoms. The molecular formula is C29H33N3O6S. The summed E-state index contributed by atoms with van der Waals surface area (Å²) in [5, 5.41) is 2.85. The maximum atomic E-state index is 14.0. The molecule has 4 rings (SSSR count). The molecule has 9 nitrogen and oxygen atoms in total. The number of aryl methyl sites for hydroxylation is 1. The topological polar surface area (TPSA) is 105 Å². The van der Waals surface area contributed by atoms with Crippen molar-refractivity contribution in [1.29, 1.82) is 0 Å². The van der Waals surface area contributed by atoms with Gasteiger partial charge in [-0.1, -0.05) is 60.2 Å². The smallest absolute Gasteiger partial charge is 0.244 e. The van der Waals surface area contributed by atoms with Gasteiger partial charge in [0, 0.05) is 25.6 Å². The Morgan fingerprint density at radius 2 is 1.67 bits per heavy atom. The molecule has 1 aliphatic rings. The Kier molecular flexibility index (Phi) is 8.75. The minimum Gasteiger partial charge on any atom is -0.454 e.